The molecule has 3 aromatic heterocycles. The maximum Gasteiger partial charge on any atom is 0.127 e. The Morgan fingerprint density at radius 2 is 1.90 bits per heavy atom. The van der Waals surface area contributed by atoms with Gasteiger partial charge >= 0.3 is 0 Å². The van der Waals surface area contributed by atoms with E-state index in [0.29, 0.717) is 5.82 Å². The van der Waals surface area contributed by atoms with E-state index in [9.17, 15) is 0 Å². The van der Waals surface area contributed by atoms with Gasteiger partial charge in [-0.05, 0) is 12.1 Å². The van der Waals surface area contributed by atoms with Crippen LogP contribution in [0.4, 0.5) is 5.82 Å². The Balaban J connectivity index is 1.87. The number of hydrogen-bond donors (Lipinski definition) is 1. The van der Waals surface area contributed by atoms with E-state index in [1.807, 2.05) is 36.4 Å². The van der Waals surface area contributed by atoms with Gasteiger partial charge in [0.25, 0.3) is 0 Å². The summed E-state index contributed by atoms with van der Waals surface area (Å²) in [5, 5.41) is 8.88. The highest BCUT2D eigenvalue weighted by Gasteiger charge is 2.13. The molecular formula is C15H12N6. The number of nitrogen functional groups attached to an aromatic ring is 1. The first-order chi connectivity index (χ1) is 10.3. The molecule has 0 saturated heterocycles. The van der Waals surface area contributed by atoms with Gasteiger partial charge in [0.2, 0.25) is 0 Å². The first kappa shape index (κ1) is 11.7. The van der Waals surface area contributed by atoms with Crippen molar-refractivity contribution in [3.63, 3.8) is 0 Å². The van der Waals surface area contributed by atoms with E-state index < -0.39 is 0 Å². The maximum atomic E-state index is 6.08. The minimum Gasteiger partial charge on any atom is -0.384 e. The van der Waals surface area contributed by atoms with E-state index in [1.54, 1.807) is 34.0 Å². The van der Waals surface area contributed by atoms with Gasteiger partial charge in [-0.1, -0.05) is 18.2 Å². The Kier molecular flexibility index (Phi) is 2.47. The molecule has 0 aliphatic rings. The third-order valence-electron chi connectivity index (χ3n) is 3.34. The van der Waals surface area contributed by atoms with Crippen LogP contribution in [0.1, 0.15) is 0 Å². The third kappa shape index (κ3) is 1.85. The first-order valence-corrected chi connectivity index (χ1v) is 6.51. The van der Waals surface area contributed by atoms with Crippen LogP contribution in [-0.4, -0.2) is 24.4 Å². The van der Waals surface area contributed by atoms with Gasteiger partial charge in [0.1, 0.15) is 5.82 Å². The zero-order chi connectivity index (χ0) is 14.2. The summed E-state index contributed by atoms with van der Waals surface area (Å²) in [5.41, 5.74) is 9.59. The summed E-state index contributed by atoms with van der Waals surface area (Å²) < 4.78 is 3.48. The van der Waals surface area contributed by atoms with Crippen molar-refractivity contribution in [3.8, 4) is 16.9 Å². The van der Waals surface area contributed by atoms with Crippen molar-refractivity contribution in [2.75, 3.05) is 5.73 Å². The highest BCUT2D eigenvalue weighted by atomic mass is 15.3. The maximum absolute atomic E-state index is 6.08. The summed E-state index contributed by atoms with van der Waals surface area (Å²) in [6.07, 6.45) is 7.03. The minimum atomic E-state index is 0.583. The molecule has 0 amide bonds. The van der Waals surface area contributed by atoms with Gasteiger partial charge in [0, 0.05) is 24.0 Å². The molecule has 1 aromatic carbocycles. The molecule has 0 fully saturated rings. The summed E-state index contributed by atoms with van der Waals surface area (Å²) in [7, 11) is 0. The van der Waals surface area contributed by atoms with Crippen molar-refractivity contribution in [1.82, 2.24) is 24.4 Å². The lowest BCUT2D eigenvalue weighted by Gasteiger charge is -2.02. The molecule has 6 heteroatoms. The van der Waals surface area contributed by atoms with Gasteiger partial charge in [-0.25, -0.2) is 9.20 Å². The molecule has 102 valence electrons. The SMILES string of the molecule is Nc1cc(-c2cnn3ccncc23)nn1-c1ccccc1. The highest BCUT2D eigenvalue weighted by molar-refractivity contribution is 5.78. The summed E-state index contributed by atoms with van der Waals surface area (Å²) in [6, 6.07) is 11.6. The predicted octanol–water partition coefficient (Wildman–Crippen LogP) is 2.16. The molecule has 4 aromatic rings. The fraction of sp³-hybridized carbons (Fsp3) is 0. The molecule has 0 radical (unpaired) electrons. The Morgan fingerprint density at radius 1 is 1.05 bits per heavy atom. The van der Waals surface area contributed by atoms with E-state index >= 15 is 0 Å². The fourth-order valence-corrected chi connectivity index (χ4v) is 2.33. The molecule has 0 aliphatic heterocycles. The van der Waals surface area contributed by atoms with Crippen LogP contribution in [0.25, 0.3) is 22.5 Å². The van der Waals surface area contributed by atoms with E-state index in [1.165, 1.54) is 0 Å². The molecule has 2 N–H and O–H groups in total. The van der Waals surface area contributed by atoms with Gasteiger partial charge in [-0.15, -0.1) is 0 Å². The Labute approximate surface area is 120 Å². The van der Waals surface area contributed by atoms with Gasteiger partial charge in [0.15, 0.2) is 0 Å². The number of aromatic nitrogens is 5. The number of rotatable bonds is 2. The molecule has 0 atom stereocenters. The lowest BCUT2D eigenvalue weighted by molar-refractivity contribution is 0.895. The van der Waals surface area contributed by atoms with Crippen LogP contribution in [0.5, 0.6) is 0 Å². The Morgan fingerprint density at radius 3 is 2.76 bits per heavy atom. The number of nitrogens with zero attached hydrogens (tertiary/aromatic N) is 5. The number of para-hydroxylation sites is 1. The quantitative estimate of drug-likeness (QED) is 0.609. The second-order valence-corrected chi connectivity index (χ2v) is 4.67. The van der Waals surface area contributed by atoms with Gasteiger partial charge in [-0.2, -0.15) is 10.2 Å². The number of nitrogens with two attached hydrogens (primary N) is 1. The molecule has 3 heterocycles. The predicted molar refractivity (Wildman–Crippen MR) is 80.0 cm³/mol. The van der Waals surface area contributed by atoms with Crippen molar-refractivity contribution < 1.29 is 0 Å². The van der Waals surface area contributed by atoms with Crippen LogP contribution in [0.2, 0.25) is 0 Å². The van der Waals surface area contributed by atoms with Crippen molar-refractivity contribution in [2.45, 2.75) is 0 Å². The average Bonchev–Trinajstić information content (AvgIpc) is 3.11. The highest BCUT2D eigenvalue weighted by Crippen LogP contribution is 2.26. The standard InChI is InChI=1S/C15H12N6/c16-15-8-13(19-21(15)11-4-2-1-3-5-11)12-9-18-20-7-6-17-10-14(12)20/h1-10H,16H2. The smallest absolute Gasteiger partial charge is 0.127 e. The first-order valence-electron chi connectivity index (χ1n) is 6.51. The summed E-state index contributed by atoms with van der Waals surface area (Å²) in [4.78, 5) is 4.13. The van der Waals surface area contributed by atoms with Gasteiger partial charge < -0.3 is 5.73 Å². The van der Waals surface area contributed by atoms with E-state index in [-0.39, 0.29) is 0 Å². The molecule has 0 bridgehead atoms. The molecule has 21 heavy (non-hydrogen) atoms. The second-order valence-electron chi connectivity index (χ2n) is 4.67. The molecule has 0 aliphatic carbocycles. The molecular weight excluding hydrogens is 264 g/mol. The van der Waals surface area contributed by atoms with Crippen molar-refractivity contribution in [3.05, 3.63) is 61.2 Å². The van der Waals surface area contributed by atoms with Crippen LogP contribution in [0.15, 0.2) is 61.2 Å². The number of benzene rings is 1. The molecule has 0 unspecified atom stereocenters. The van der Waals surface area contributed by atoms with Crippen LogP contribution in [0.3, 0.4) is 0 Å². The monoisotopic (exact) mass is 276 g/mol. The molecule has 0 spiro atoms. The molecule has 0 saturated carbocycles. The topological polar surface area (TPSA) is 74.0 Å². The third-order valence-corrected chi connectivity index (χ3v) is 3.34. The number of anilines is 1. The van der Waals surface area contributed by atoms with E-state index in [4.69, 9.17) is 5.73 Å². The Bertz CT molecular complexity index is 906. The lowest BCUT2D eigenvalue weighted by Crippen LogP contribution is -2.01. The lowest BCUT2D eigenvalue weighted by atomic mass is 10.2. The molecule has 6 nitrogen and oxygen atoms in total. The van der Waals surface area contributed by atoms with Gasteiger partial charge in [0.05, 0.1) is 29.3 Å². The van der Waals surface area contributed by atoms with Crippen LogP contribution < -0.4 is 5.73 Å². The normalized spacial score (nSPS) is 11.0. The zero-order valence-electron chi connectivity index (χ0n) is 11.1. The summed E-state index contributed by atoms with van der Waals surface area (Å²) >= 11 is 0. The van der Waals surface area contributed by atoms with Crippen LogP contribution in [-0.2, 0) is 0 Å². The number of hydrogen-bond acceptors (Lipinski definition) is 4. The van der Waals surface area contributed by atoms with Crippen LogP contribution >= 0.6 is 0 Å². The largest absolute Gasteiger partial charge is 0.384 e. The summed E-state index contributed by atoms with van der Waals surface area (Å²) in [5.74, 6) is 0.583. The van der Waals surface area contributed by atoms with Gasteiger partial charge in [-0.3, -0.25) is 4.98 Å². The second kappa shape index (κ2) is 4.45. The zero-order valence-corrected chi connectivity index (χ0v) is 11.1. The van der Waals surface area contributed by atoms with Crippen LogP contribution in [0, 0.1) is 0 Å². The Hall–Kier alpha value is -3.15. The average molecular weight is 276 g/mol. The van der Waals surface area contributed by atoms with E-state index in [0.717, 1.165) is 22.5 Å². The number of fused-ring (bicyclic) bond motifs is 1. The van der Waals surface area contributed by atoms with E-state index in [2.05, 4.69) is 15.2 Å². The minimum absolute atomic E-state index is 0.583. The molecule has 4 rings (SSSR count). The van der Waals surface area contributed by atoms with Crippen molar-refractivity contribution >= 4 is 11.3 Å². The fourth-order valence-electron chi connectivity index (χ4n) is 2.33. The van der Waals surface area contributed by atoms with Crippen molar-refractivity contribution in [2.24, 2.45) is 0 Å². The van der Waals surface area contributed by atoms with Crippen molar-refractivity contribution in [1.29, 1.82) is 0 Å². The summed E-state index contributed by atoms with van der Waals surface area (Å²) in [6.45, 7) is 0.